The van der Waals surface area contributed by atoms with Crippen LogP contribution in [0.4, 0.5) is 5.82 Å². The van der Waals surface area contributed by atoms with Gasteiger partial charge in [0.05, 0.1) is 17.1 Å². The van der Waals surface area contributed by atoms with Gasteiger partial charge in [0.2, 0.25) is 5.28 Å². The Hall–Kier alpha value is -2.56. The van der Waals surface area contributed by atoms with E-state index in [2.05, 4.69) is 21.2 Å². The first kappa shape index (κ1) is 18.8. The van der Waals surface area contributed by atoms with Crippen LogP contribution in [0.2, 0.25) is 0 Å². The molecule has 8 heteroatoms. The standard InChI is InChI=1S/C17H26N6O2/c1-5-22(17(2,3)4)23(24)20-25-15-9-11-21(12-10-15)16-8-6-7-14(13-18)19-16/h6-8,15H,5,9-12H2,1-4H3/b23-20+. The van der Waals surface area contributed by atoms with Crippen molar-refractivity contribution >= 4 is 5.82 Å². The van der Waals surface area contributed by atoms with Crippen molar-refractivity contribution in [3.63, 3.8) is 0 Å². The Labute approximate surface area is 148 Å². The Morgan fingerprint density at radius 3 is 2.68 bits per heavy atom. The number of nitrogens with zero attached hydrogens (tertiary/aromatic N) is 6. The number of anilines is 1. The van der Waals surface area contributed by atoms with E-state index in [-0.39, 0.29) is 11.6 Å². The van der Waals surface area contributed by atoms with Crippen molar-refractivity contribution in [3.8, 4) is 6.07 Å². The predicted octanol–water partition coefficient (Wildman–Crippen LogP) is 2.85. The molecule has 1 aliphatic heterocycles. The zero-order chi connectivity index (χ0) is 18.4. The van der Waals surface area contributed by atoms with Crippen LogP contribution in [0.3, 0.4) is 0 Å². The molecular formula is C17H26N6O2. The molecule has 1 aliphatic rings. The molecule has 0 atom stereocenters. The van der Waals surface area contributed by atoms with E-state index in [1.165, 1.54) is 0 Å². The van der Waals surface area contributed by atoms with Gasteiger partial charge in [0.15, 0.2) is 0 Å². The summed E-state index contributed by atoms with van der Waals surface area (Å²) in [6.07, 6.45) is 1.40. The minimum Gasteiger partial charge on any atom is -0.569 e. The maximum Gasteiger partial charge on any atom is 0.233 e. The number of hydrogen-bond donors (Lipinski definition) is 0. The zero-order valence-corrected chi connectivity index (χ0v) is 15.3. The highest BCUT2D eigenvalue weighted by Crippen LogP contribution is 2.20. The van der Waals surface area contributed by atoms with Gasteiger partial charge >= 0.3 is 0 Å². The number of pyridine rings is 1. The maximum atomic E-state index is 12.1. The molecule has 1 aromatic heterocycles. The number of piperidine rings is 1. The fourth-order valence-electron chi connectivity index (χ4n) is 2.85. The second-order valence-electron chi connectivity index (χ2n) is 7.01. The molecule has 0 aromatic carbocycles. The fraction of sp³-hybridized carbons (Fsp3) is 0.647. The van der Waals surface area contributed by atoms with Crippen LogP contribution in [0, 0.1) is 16.5 Å². The smallest absolute Gasteiger partial charge is 0.233 e. The second-order valence-corrected chi connectivity index (χ2v) is 7.01. The number of rotatable bonds is 5. The quantitative estimate of drug-likeness (QED) is 0.462. The first-order chi connectivity index (χ1) is 11.8. The normalized spacial score (nSPS) is 16.4. The average molecular weight is 346 g/mol. The predicted molar refractivity (Wildman–Crippen MR) is 93.5 cm³/mol. The molecule has 0 N–H and O–H groups in total. The Kier molecular flexibility index (Phi) is 6.02. The lowest BCUT2D eigenvalue weighted by Gasteiger charge is -2.32. The van der Waals surface area contributed by atoms with Crippen molar-refractivity contribution < 1.29 is 9.81 Å². The van der Waals surface area contributed by atoms with Gasteiger partial charge in [0, 0.05) is 25.9 Å². The van der Waals surface area contributed by atoms with E-state index in [9.17, 15) is 5.21 Å². The van der Waals surface area contributed by atoms with Crippen molar-refractivity contribution in [3.05, 3.63) is 29.1 Å². The molecule has 0 unspecified atom stereocenters. The molecule has 0 saturated carbocycles. The molecule has 0 radical (unpaired) electrons. The zero-order valence-electron chi connectivity index (χ0n) is 15.3. The minimum absolute atomic E-state index is 0.0921. The van der Waals surface area contributed by atoms with E-state index in [0.717, 1.165) is 31.7 Å². The number of nitriles is 1. The van der Waals surface area contributed by atoms with Gasteiger partial charge in [-0.05, 0) is 39.8 Å². The first-order valence-corrected chi connectivity index (χ1v) is 8.59. The molecule has 0 amide bonds. The van der Waals surface area contributed by atoms with E-state index in [4.69, 9.17) is 10.1 Å². The lowest BCUT2D eigenvalue weighted by Crippen LogP contribution is -2.45. The summed E-state index contributed by atoms with van der Waals surface area (Å²) in [4.78, 5) is 12.4. The molecule has 1 saturated heterocycles. The molecular weight excluding hydrogens is 320 g/mol. The van der Waals surface area contributed by atoms with Crippen LogP contribution in [-0.4, -0.2) is 46.2 Å². The van der Waals surface area contributed by atoms with Gasteiger partial charge in [-0.1, -0.05) is 6.07 Å². The van der Waals surface area contributed by atoms with Gasteiger partial charge in [-0.25, -0.2) is 4.98 Å². The summed E-state index contributed by atoms with van der Waals surface area (Å²) in [5.41, 5.74) is 0.0964. The van der Waals surface area contributed by atoms with Gasteiger partial charge in [0.25, 0.3) is 0 Å². The lowest BCUT2D eigenvalue weighted by molar-refractivity contribution is -0.725. The molecule has 2 heterocycles. The monoisotopic (exact) mass is 346 g/mol. The van der Waals surface area contributed by atoms with E-state index in [0.29, 0.717) is 17.2 Å². The first-order valence-electron chi connectivity index (χ1n) is 8.59. The van der Waals surface area contributed by atoms with Gasteiger partial charge in [-0.2, -0.15) is 5.26 Å². The third-order valence-electron chi connectivity index (χ3n) is 4.16. The number of hydrazine groups is 1. The molecule has 0 bridgehead atoms. The Balaban J connectivity index is 1.90. The Morgan fingerprint density at radius 2 is 2.12 bits per heavy atom. The summed E-state index contributed by atoms with van der Waals surface area (Å²) in [5.74, 6) is 0.796. The topological polar surface area (TPSA) is 90.8 Å². The summed E-state index contributed by atoms with van der Waals surface area (Å²) in [5, 5.41) is 26.4. The molecule has 136 valence electrons. The third-order valence-corrected chi connectivity index (χ3v) is 4.16. The summed E-state index contributed by atoms with van der Waals surface area (Å²) in [7, 11) is 0. The summed E-state index contributed by atoms with van der Waals surface area (Å²) in [6.45, 7) is 9.83. The van der Waals surface area contributed by atoms with Gasteiger partial charge in [-0.15, -0.1) is 5.01 Å². The molecule has 1 fully saturated rings. The van der Waals surface area contributed by atoms with E-state index >= 15 is 0 Å². The SMILES string of the molecule is CCN(/[N+]([O-])=N\OC1CCN(c2cccc(C#N)n2)CC1)C(C)(C)C. The Morgan fingerprint density at radius 1 is 1.44 bits per heavy atom. The van der Waals surface area contributed by atoms with Crippen LogP contribution in [0.15, 0.2) is 23.5 Å². The van der Waals surface area contributed by atoms with Crippen LogP contribution in [-0.2, 0) is 4.84 Å². The molecule has 2 rings (SSSR count). The molecule has 25 heavy (non-hydrogen) atoms. The fourth-order valence-corrected chi connectivity index (χ4v) is 2.85. The lowest BCUT2D eigenvalue weighted by atomic mass is 10.1. The molecule has 0 aliphatic carbocycles. The van der Waals surface area contributed by atoms with Crippen molar-refractivity contribution in [2.75, 3.05) is 24.5 Å². The average Bonchev–Trinajstić information content (AvgIpc) is 2.60. The minimum atomic E-state index is -0.315. The second kappa shape index (κ2) is 8.01. The summed E-state index contributed by atoms with van der Waals surface area (Å²) in [6, 6.07) is 7.47. The van der Waals surface area contributed by atoms with Gasteiger partial charge in [0.1, 0.15) is 23.7 Å². The molecule has 0 spiro atoms. The van der Waals surface area contributed by atoms with E-state index < -0.39 is 0 Å². The van der Waals surface area contributed by atoms with Crippen molar-refractivity contribution in [2.45, 2.75) is 52.2 Å². The highest BCUT2D eigenvalue weighted by atomic mass is 16.7. The summed E-state index contributed by atoms with van der Waals surface area (Å²) >= 11 is 0. The number of hydrogen-bond acceptors (Lipinski definition) is 6. The van der Waals surface area contributed by atoms with Crippen molar-refractivity contribution in [1.82, 2.24) is 9.99 Å². The summed E-state index contributed by atoms with van der Waals surface area (Å²) < 4.78 is 0. The number of aromatic nitrogens is 1. The van der Waals surface area contributed by atoms with Crippen LogP contribution in [0.5, 0.6) is 0 Å². The van der Waals surface area contributed by atoms with Crippen molar-refractivity contribution in [2.24, 2.45) is 5.28 Å². The van der Waals surface area contributed by atoms with Crippen LogP contribution in [0.1, 0.15) is 46.2 Å². The Bertz CT molecular complexity index is 641. The highest BCUT2D eigenvalue weighted by Gasteiger charge is 2.28. The van der Waals surface area contributed by atoms with Crippen LogP contribution >= 0.6 is 0 Å². The van der Waals surface area contributed by atoms with Gasteiger partial charge < -0.3 is 14.9 Å². The molecule has 8 nitrogen and oxygen atoms in total. The largest absolute Gasteiger partial charge is 0.569 e. The molecule has 1 aromatic rings. The highest BCUT2D eigenvalue weighted by molar-refractivity contribution is 5.41. The van der Waals surface area contributed by atoms with E-state index in [1.807, 2.05) is 39.8 Å². The van der Waals surface area contributed by atoms with Crippen LogP contribution < -0.4 is 4.90 Å². The van der Waals surface area contributed by atoms with Gasteiger partial charge in [-0.3, -0.25) is 0 Å². The van der Waals surface area contributed by atoms with Crippen LogP contribution in [0.25, 0.3) is 0 Å². The third kappa shape index (κ3) is 4.95. The van der Waals surface area contributed by atoms with Crippen molar-refractivity contribution in [1.29, 1.82) is 5.26 Å². The van der Waals surface area contributed by atoms with E-state index in [1.54, 1.807) is 11.1 Å². The maximum absolute atomic E-state index is 12.1.